The van der Waals surface area contributed by atoms with Crippen LogP contribution in [0.4, 0.5) is 0 Å². The molecule has 0 saturated carbocycles. The van der Waals surface area contributed by atoms with Crippen LogP contribution in [0.1, 0.15) is 5.69 Å². The summed E-state index contributed by atoms with van der Waals surface area (Å²) >= 11 is 2.72. The standard InChI is InChI=1S/C13H9NO4S2/c15-10(6-11(16)12(17)18)9-7-19-13(14-9)20-8-4-2-1-3-5-8/h1-7,15H,(H,17,18). The lowest BCUT2D eigenvalue weighted by Crippen LogP contribution is -2.09. The van der Waals surface area contributed by atoms with Gasteiger partial charge in [-0.1, -0.05) is 30.0 Å². The Morgan fingerprint density at radius 2 is 1.90 bits per heavy atom. The van der Waals surface area contributed by atoms with Gasteiger partial charge in [0.1, 0.15) is 11.5 Å². The molecule has 2 N–H and O–H groups in total. The average Bonchev–Trinajstić information content (AvgIpc) is 2.88. The van der Waals surface area contributed by atoms with Crippen molar-refractivity contribution in [3.05, 3.63) is 47.5 Å². The molecular formula is C13H9NO4S2. The van der Waals surface area contributed by atoms with Gasteiger partial charge in [-0.3, -0.25) is 4.79 Å². The van der Waals surface area contributed by atoms with Gasteiger partial charge in [0, 0.05) is 16.4 Å². The van der Waals surface area contributed by atoms with Crippen LogP contribution in [0.3, 0.4) is 0 Å². The highest BCUT2D eigenvalue weighted by Gasteiger charge is 2.13. The topological polar surface area (TPSA) is 87.5 Å². The van der Waals surface area contributed by atoms with E-state index in [0.29, 0.717) is 10.4 Å². The van der Waals surface area contributed by atoms with Crippen LogP contribution in [-0.2, 0) is 9.59 Å². The fourth-order valence-corrected chi connectivity index (χ4v) is 3.07. The monoisotopic (exact) mass is 307 g/mol. The summed E-state index contributed by atoms with van der Waals surface area (Å²) in [6.45, 7) is 0. The quantitative estimate of drug-likeness (QED) is 0.502. The van der Waals surface area contributed by atoms with Crippen LogP contribution in [-0.4, -0.2) is 26.9 Å². The third-order valence-electron chi connectivity index (χ3n) is 2.17. The van der Waals surface area contributed by atoms with Gasteiger partial charge in [-0.2, -0.15) is 0 Å². The second-order valence-corrected chi connectivity index (χ2v) is 5.79. The Balaban J connectivity index is 2.13. The minimum Gasteiger partial charge on any atom is -0.506 e. The number of hydrogen-bond acceptors (Lipinski definition) is 6. The maximum atomic E-state index is 11.0. The van der Waals surface area contributed by atoms with Crippen molar-refractivity contribution in [3.8, 4) is 0 Å². The molecule has 0 fully saturated rings. The number of aliphatic hydroxyl groups is 1. The number of hydrogen-bond donors (Lipinski definition) is 2. The van der Waals surface area contributed by atoms with Crippen molar-refractivity contribution in [2.45, 2.75) is 9.24 Å². The molecule has 0 bridgehead atoms. The smallest absolute Gasteiger partial charge is 0.376 e. The number of aliphatic hydroxyl groups excluding tert-OH is 1. The van der Waals surface area contributed by atoms with Crippen molar-refractivity contribution in [3.63, 3.8) is 0 Å². The molecule has 0 aliphatic rings. The van der Waals surface area contributed by atoms with Crippen LogP contribution in [0.5, 0.6) is 0 Å². The number of rotatable bonds is 5. The van der Waals surface area contributed by atoms with Gasteiger partial charge in [0.05, 0.1) is 0 Å². The van der Waals surface area contributed by atoms with Gasteiger partial charge >= 0.3 is 5.97 Å². The fourth-order valence-electron chi connectivity index (χ4n) is 1.27. The van der Waals surface area contributed by atoms with Crippen molar-refractivity contribution in [1.29, 1.82) is 0 Å². The number of carboxylic acids is 1. The zero-order chi connectivity index (χ0) is 14.5. The number of benzene rings is 1. The Morgan fingerprint density at radius 1 is 1.20 bits per heavy atom. The SMILES string of the molecule is O=C(O)C(=O)C=C(O)c1csc(Sc2ccccc2)n1. The van der Waals surface area contributed by atoms with Crippen LogP contribution >= 0.6 is 23.1 Å². The van der Waals surface area contributed by atoms with Gasteiger partial charge in [0.2, 0.25) is 0 Å². The van der Waals surface area contributed by atoms with Gasteiger partial charge in [-0.15, -0.1) is 11.3 Å². The third-order valence-corrected chi connectivity index (χ3v) is 4.12. The molecule has 0 aliphatic carbocycles. The molecule has 0 saturated heterocycles. The van der Waals surface area contributed by atoms with E-state index in [1.54, 1.807) is 5.38 Å². The highest BCUT2D eigenvalue weighted by atomic mass is 32.2. The first-order valence-electron chi connectivity index (χ1n) is 5.43. The fraction of sp³-hybridized carbons (Fsp3) is 0. The molecule has 1 aromatic carbocycles. The zero-order valence-electron chi connectivity index (χ0n) is 10.0. The molecule has 0 radical (unpaired) electrons. The van der Waals surface area contributed by atoms with Crippen molar-refractivity contribution in [2.75, 3.05) is 0 Å². The molecule has 7 heteroatoms. The van der Waals surface area contributed by atoms with E-state index in [9.17, 15) is 14.7 Å². The summed E-state index contributed by atoms with van der Waals surface area (Å²) in [6.07, 6.45) is 0.647. The lowest BCUT2D eigenvalue weighted by atomic mass is 10.3. The number of ketones is 1. The molecule has 1 aromatic heterocycles. The van der Waals surface area contributed by atoms with Crippen LogP contribution in [0.2, 0.25) is 0 Å². The first-order chi connectivity index (χ1) is 9.56. The van der Waals surface area contributed by atoms with E-state index < -0.39 is 17.5 Å². The van der Waals surface area contributed by atoms with E-state index in [0.717, 1.165) is 4.90 Å². The van der Waals surface area contributed by atoms with Gasteiger partial charge in [0.25, 0.3) is 5.78 Å². The van der Waals surface area contributed by atoms with E-state index in [1.165, 1.54) is 23.1 Å². The van der Waals surface area contributed by atoms with Crippen molar-refractivity contribution in [1.82, 2.24) is 4.98 Å². The minimum atomic E-state index is -1.62. The number of aliphatic carboxylic acids is 1. The number of thiazole rings is 1. The summed E-state index contributed by atoms with van der Waals surface area (Å²) in [5.41, 5.74) is 0.183. The molecule has 20 heavy (non-hydrogen) atoms. The minimum absolute atomic E-state index is 0.183. The predicted octanol–water partition coefficient (Wildman–Crippen LogP) is 2.85. The molecule has 2 rings (SSSR count). The molecule has 1 heterocycles. The van der Waals surface area contributed by atoms with Crippen LogP contribution in [0.25, 0.3) is 5.76 Å². The van der Waals surface area contributed by atoms with E-state index in [1.807, 2.05) is 30.3 Å². The number of nitrogens with zero attached hydrogens (tertiary/aromatic N) is 1. The number of carbonyl (C=O) groups excluding carboxylic acids is 1. The van der Waals surface area contributed by atoms with Gasteiger partial charge < -0.3 is 10.2 Å². The molecule has 102 valence electrons. The Bertz CT molecular complexity index is 664. The number of carbonyl (C=O) groups is 2. The molecule has 0 amide bonds. The summed E-state index contributed by atoms with van der Waals surface area (Å²) in [6, 6.07) is 9.56. The van der Waals surface area contributed by atoms with E-state index in [4.69, 9.17) is 5.11 Å². The Hall–Kier alpha value is -2.12. The van der Waals surface area contributed by atoms with Gasteiger partial charge in [-0.05, 0) is 12.1 Å². The van der Waals surface area contributed by atoms with Crippen molar-refractivity contribution >= 4 is 40.6 Å². The second-order valence-electron chi connectivity index (χ2n) is 3.61. The summed E-state index contributed by atoms with van der Waals surface area (Å²) in [5, 5.41) is 19.6. The number of carboxylic acid groups (broad SMARTS) is 1. The molecule has 0 aliphatic heterocycles. The van der Waals surface area contributed by atoms with E-state index in [-0.39, 0.29) is 5.69 Å². The summed E-state index contributed by atoms with van der Waals surface area (Å²) in [5.74, 6) is -3.26. The largest absolute Gasteiger partial charge is 0.506 e. The first-order valence-corrected chi connectivity index (χ1v) is 7.12. The summed E-state index contributed by atoms with van der Waals surface area (Å²) in [7, 11) is 0. The third kappa shape index (κ3) is 3.69. The Morgan fingerprint density at radius 3 is 2.55 bits per heavy atom. The highest BCUT2D eigenvalue weighted by Crippen LogP contribution is 2.31. The molecule has 5 nitrogen and oxygen atoms in total. The van der Waals surface area contributed by atoms with Crippen molar-refractivity contribution in [2.24, 2.45) is 0 Å². The zero-order valence-corrected chi connectivity index (χ0v) is 11.6. The normalized spacial score (nSPS) is 11.3. The molecular weight excluding hydrogens is 298 g/mol. The van der Waals surface area contributed by atoms with Crippen molar-refractivity contribution < 1.29 is 19.8 Å². The Kier molecular flexibility index (Phi) is 4.54. The van der Waals surface area contributed by atoms with Crippen LogP contribution < -0.4 is 0 Å². The van der Waals surface area contributed by atoms with E-state index in [2.05, 4.69) is 4.98 Å². The molecule has 0 atom stereocenters. The highest BCUT2D eigenvalue weighted by molar-refractivity contribution is 8.01. The van der Waals surface area contributed by atoms with Crippen LogP contribution in [0.15, 0.2) is 51.0 Å². The maximum Gasteiger partial charge on any atom is 0.376 e. The summed E-state index contributed by atoms with van der Waals surface area (Å²) < 4.78 is 0.689. The first kappa shape index (κ1) is 14.3. The second kappa shape index (κ2) is 6.36. The van der Waals surface area contributed by atoms with E-state index >= 15 is 0 Å². The maximum absolute atomic E-state index is 11.0. The number of aromatic nitrogens is 1. The summed E-state index contributed by atoms with van der Waals surface area (Å²) in [4.78, 5) is 26.5. The van der Waals surface area contributed by atoms with Gasteiger partial charge in [-0.25, -0.2) is 9.78 Å². The molecule has 0 unspecified atom stereocenters. The van der Waals surface area contributed by atoms with Crippen LogP contribution in [0, 0.1) is 0 Å². The molecule has 0 spiro atoms. The average molecular weight is 307 g/mol. The lowest BCUT2D eigenvalue weighted by Gasteiger charge is -1.96. The molecule has 2 aromatic rings. The lowest BCUT2D eigenvalue weighted by molar-refractivity contribution is -0.146. The predicted molar refractivity (Wildman–Crippen MR) is 75.9 cm³/mol. The van der Waals surface area contributed by atoms with Gasteiger partial charge in [0.15, 0.2) is 4.34 Å². The Labute approximate surface area is 122 Å².